The standard InChI is InChI=1S/C24H47NO2/c1-3-4-5-6-7-8-9-10-11-13-18-23(2)19-14-15-20-24(26)27-25-21-16-12-17-22-25/h23H,3-22H2,1-2H3. The molecule has 3 nitrogen and oxygen atoms in total. The molecule has 1 rings (SSSR count). The van der Waals surface area contributed by atoms with E-state index in [4.69, 9.17) is 4.84 Å². The van der Waals surface area contributed by atoms with Gasteiger partial charge in [0.25, 0.3) is 0 Å². The lowest BCUT2D eigenvalue weighted by Gasteiger charge is -2.24. The smallest absolute Gasteiger partial charge is 0.325 e. The summed E-state index contributed by atoms with van der Waals surface area (Å²) < 4.78 is 0. The van der Waals surface area contributed by atoms with Gasteiger partial charge in [-0.15, -0.1) is 5.06 Å². The van der Waals surface area contributed by atoms with Crippen LogP contribution in [0.5, 0.6) is 0 Å². The Bertz CT molecular complexity index is 339. The number of carbonyl (C=O) groups excluding carboxylic acids is 1. The Labute approximate surface area is 169 Å². The fourth-order valence-corrected chi connectivity index (χ4v) is 4.03. The van der Waals surface area contributed by atoms with E-state index in [0.717, 1.165) is 44.7 Å². The number of carbonyl (C=O) groups is 1. The molecule has 160 valence electrons. The molecule has 0 bridgehead atoms. The monoisotopic (exact) mass is 381 g/mol. The van der Waals surface area contributed by atoms with E-state index >= 15 is 0 Å². The third kappa shape index (κ3) is 15.1. The van der Waals surface area contributed by atoms with E-state index in [-0.39, 0.29) is 5.97 Å². The molecule has 27 heavy (non-hydrogen) atoms. The molecule has 1 aliphatic rings. The molecular formula is C24H47NO2. The molecule has 0 amide bonds. The number of hydrogen-bond acceptors (Lipinski definition) is 3. The molecule has 1 fully saturated rings. The fraction of sp³-hybridized carbons (Fsp3) is 0.958. The molecule has 0 spiro atoms. The van der Waals surface area contributed by atoms with Crippen LogP contribution >= 0.6 is 0 Å². The van der Waals surface area contributed by atoms with Crippen molar-refractivity contribution in [1.82, 2.24) is 5.06 Å². The summed E-state index contributed by atoms with van der Waals surface area (Å²) >= 11 is 0. The van der Waals surface area contributed by atoms with Gasteiger partial charge in [-0.05, 0) is 25.2 Å². The minimum absolute atomic E-state index is 0.0285. The molecule has 0 aromatic rings. The zero-order valence-electron chi connectivity index (χ0n) is 18.5. The van der Waals surface area contributed by atoms with Crippen LogP contribution < -0.4 is 0 Å². The highest BCUT2D eigenvalue weighted by Crippen LogP contribution is 2.18. The third-order valence-corrected chi connectivity index (χ3v) is 5.92. The van der Waals surface area contributed by atoms with Crippen molar-refractivity contribution in [3.63, 3.8) is 0 Å². The first-order valence-electron chi connectivity index (χ1n) is 12.2. The summed E-state index contributed by atoms with van der Waals surface area (Å²) in [5.74, 6) is 0.774. The number of rotatable bonds is 17. The number of nitrogens with zero attached hydrogens (tertiary/aromatic N) is 1. The van der Waals surface area contributed by atoms with Gasteiger partial charge >= 0.3 is 5.97 Å². The van der Waals surface area contributed by atoms with Crippen molar-refractivity contribution in [1.29, 1.82) is 0 Å². The number of hydroxylamine groups is 2. The van der Waals surface area contributed by atoms with Crippen LogP contribution in [-0.2, 0) is 9.63 Å². The predicted octanol–water partition coefficient (Wildman–Crippen LogP) is 7.44. The van der Waals surface area contributed by atoms with Gasteiger partial charge in [-0.1, -0.05) is 104 Å². The first-order valence-corrected chi connectivity index (χ1v) is 12.2. The summed E-state index contributed by atoms with van der Waals surface area (Å²) in [6.45, 7) is 6.49. The van der Waals surface area contributed by atoms with Gasteiger partial charge in [-0.25, -0.2) is 0 Å². The Morgan fingerprint density at radius 2 is 1.30 bits per heavy atom. The summed E-state index contributed by atoms with van der Waals surface area (Å²) in [6.07, 6.45) is 23.1. The van der Waals surface area contributed by atoms with Gasteiger partial charge in [-0.3, -0.25) is 4.79 Å². The van der Waals surface area contributed by atoms with Crippen molar-refractivity contribution in [3.8, 4) is 0 Å². The van der Waals surface area contributed by atoms with E-state index in [0.29, 0.717) is 6.42 Å². The zero-order chi connectivity index (χ0) is 19.6. The molecule has 0 N–H and O–H groups in total. The van der Waals surface area contributed by atoms with Crippen molar-refractivity contribution in [3.05, 3.63) is 0 Å². The summed E-state index contributed by atoms with van der Waals surface area (Å²) in [5.41, 5.74) is 0. The summed E-state index contributed by atoms with van der Waals surface area (Å²) in [7, 11) is 0. The lowest BCUT2D eigenvalue weighted by atomic mass is 9.96. The molecule has 1 unspecified atom stereocenters. The maximum absolute atomic E-state index is 11.9. The van der Waals surface area contributed by atoms with Gasteiger partial charge in [0.2, 0.25) is 0 Å². The summed E-state index contributed by atoms with van der Waals surface area (Å²) in [5, 5.41) is 1.86. The maximum Gasteiger partial charge on any atom is 0.325 e. The highest BCUT2D eigenvalue weighted by atomic mass is 16.7. The van der Waals surface area contributed by atoms with Gasteiger partial charge in [-0.2, -0.15) is 0 Å². The average Bonchev–Trinajstić information content (AvgIpc) is 2.67. The van der Waals surface area contributed by atoms with E-state index in [2.05, 4.69) is 13.8 Å². The Hall–Kier alpha value is -0.570. The van der Waals surface area contributed by atoms with Crippen LogP contribution in [-0.4, -0.2) is 24.1 Å². The summed E-state index contributed by atoms with van der Waals surface area (Å²) in [4.78, 5) is 17.3. The van der Waals surface area contributed by atoms with E-state index in [1.165, 1.54) is 83.5 Å². The van der Waals surface area contributed by atoms with Crippen LogP contribution in [0.2, 0.25) is 0 Å². The third-order valence-electron chi connectivity index (χ3n) is 5.92. The molecule has 1 heterocycles. The molecule has 0 radical (unpaired) electrons. The van der Waals surface area contributed by atoms with Gasteiger partial charge < -0.3 is 4.84 Å². The Balaban J connectivity index is 1.82. The number of hydrogen-bond donors (Lipinski definition) is 0. The normalized spacial score (nSPS) is 16.4. The second-order valence-electron chi connectivity index (χ2n) is 8.77. The molecule has 0 aromatic carbocycles. The van der Waals surface area contributed by atoms with Gasteiger partial charge in [0.05, 0.1) is 0 Å². The highest BCUT2D eigenvalue weighted by Gasteiger charge is 2.14. The molecule has 0 saturated carbocycles. The summed E-state index contributed by atoms with van der Waals surface area (Å²) in [6, 6.07) is 0. The second kappa shape index (κ2) is 17.5. The molecule has 0 aromatic heterocycles. The molecule has 1 atom stereocenters. The van der Waals surface area contributed by atoms with Crippen LogP contribution in [0.15, 0.2) is 0 Å². The topological polar surface area (TPSA) is 29.5 Å². The SMILES string of the molecule is CCCCCCCCCCCCC(C)CCCCC(=O)ON1CCCCC1. The minimum atomic E-state index is -0.0285. The van der Waals surface area contributed by atoms with Crippen LogP contribution in [0.4, 0.5) is 0 Å². The van der Waals surface area contributed by atoms with E-state index in [1.807, 2.05) is 5.06 Å². The average molecular weight is 382 g/mol. The van der Waals surface area contributed by atoms with Crippen LogP contribution in [0.25, 0.3) is 0 Å². The van der Waals surface area contributed by atoms with Gasteiger partial charge in [0, 0.05) is 19.5 Å². The Kier molecular flexibility index (Phi) is 15.9. The van der Waals surface area contributed by atoms with Crippen molar-refractivity contribution in [2.75, 3.05) is 13.1 Å². The van der Waals surface area contributed by atoms with Crippen LogP contribution in [0.3, 0.4) is 0 Å². The fourth-order valence-electron chi connectivity index (χ4n) is 4.03. The molecule has 0 aliphatic carbocycles. The predicted molar refractivity (Wildman–Crippen MR) is 116 cm³/mol. The lowest BCUT2D eigenvalue weighted by molar-refractivity contribution is -0.194. The van der Waals surface area contributed by atoms with Gasteiger partial charge in [0.1, 0.15) is 0 Å². The quantitative estimate of drug-likeness (QED) is 0.245. The molecular weight excluding hydrogens is 334 g/mol. The largest absolute Gasteiger partial charge is 0.368 e. The van der Waals surface area contributed by atoms with E-state index in [9.17, 15) is 4.79 Å². The van der Waals surface area contributed by atoms with Crippen molar-refractivity contribution >= 4 is 5.97 Å². The Morgan fingerprint density at radius 3 is 1.89 bits per heavy atom. The minimum Gasteiger partial charge on any atom is -0.368 e. The second-order valence-corrected chi connectivity index (χ2v) is 8.77. The molecule has 1 aliphatic heterocycles. The molecule has 1 saturated heterocycles. The Morgan fingerprint density at radius 1 is 0.778 bits per heavy atom. The lowest BCUT2D eigenvalue weighted by Crippen LogP contribution is -2.32. The maximum atomic E-state index is 11.9. The van der Waals surface area contributed by atoms with Crippen LogP contribution in [0.1, 0.15) is 129 Å². The first-order chi connectivity index (χ1) is 13.2. The number of unbranched alkanes of at least 4 members (excludes halogenated alkanes) is 10. The molecule has 3 heteroatoms. The van der Waals surface area contributed by atoms with E-state index < -0.39 is 0 Å². The highest BCUT2D eigenvalue weighted by molar-refractivity contribution is 5.68. The van der Waals surface area contributed by atoms with Crippen LogP contribution in [0, 0.1) is 5.92 Å². The van der Waals surface area contributed by atoms with Crippen molar-refractivity contribution in [2.45, 2.75) is 129 Å². The number of piperidine rings is 1. The first kappa shape index (κ1) is 24.5. The van der Waals surface area contributed by atoms with Crippen molar-refractivity contribution in [2.24, 2.45) is 5.92 Å². The van der Waals surface area contributed by atoms with Crippen molar-refractivity contribution < 1.29 is 9.63 Å². The zero-order valence-corrected chi connectivity index (χ0v) is 18.5. The van der Waals surface area contributed by atoms with E-state index in [1.54, 1.807) is 0 Å². The van der Waals surface area contributed by atoms with Gasteiger partial charge in [0.15, 0.2) is 0 Å².